The Morgan fingerprint density at radius 2 is 1.45 bits per heavy atom. The maximum Gasteiger partial charge on any atom is 0.332 e. The lowest BCUT2D eigenvalue weighted by molar-refractivity contribution is -0.159. The molecule has 1 fully saturated rings. The van der Waals surface area contributed by atoms with E-state index in [0.29, 0.717) is 30.4 Å². The van der Waals surface area contributed by atoms with Gasteiger partial charge in [0, 0.05) is 33.2 Å². The van der Waals surface area contributed by atoms with Crippen LogP contribution in [0.5, 0.6) is 17.2 Å². The van der Waals surface area contributed by atoms with Crippen molar-refractivity contribution < 1.29 is 28.6 Å². The third-order valence-corrected chi connectivity index (χ3v) is 8.46. The van der Waals surface area contributed by atoms with E-state index in [4.69, 9.17) is 14.2 Å². The molecule has 5 rings (SSSR count). The fourth-order valence-electron chi connectivity index (χ4n) is 6.03. The summed E-state index contributed by atoms with van der Waals surface area (Å²) in [5.74, 6) is 0.997. The van der Waals surface area contributed by atoms with Crippen molar-refractivity contribution >= 4 is 17.8 Å². The topological polar surface area (TPSA) is 88.6 Å². The van der Waals surface area contributed by atoms with E-state index in [-0.39, 0.29) is 19.0 Å². The van der Waals surface area contributed by atoms with E-state index in [1.54, 1.807) is 14.2 Å². The molecule has 2 aliphatic heterocycles. The van der Waals surface area contributed by atoms with Gasteiger partial charge in [-0.1, -0.05) is 42.5 Å². The molecular formula is C33H37N3O6. The lowest BCUT2D eigenvalue weighted by atomic mass is 9.76. The van der Waals surface area contributed by atoms with Crippen LogP contribution in [0.4, 0.5) is 4.79 Å². The van der Waals surface area contributed by atoms with Crippen LogP contribution in [-0.2, 0) is 29.0 Å². The summed E-state index contributed by atoms with van der Waals surface area (Å²) in [6, 6.07) is 20.6. The average Bonchev–Trinajstić information content (AvgIpc) is 3.02. The number of rotatable bonds is 9. The summed E-state index contributed by atoms with van der Waals surface area (Å²) in [5.41, 5.74) is 2.58. The lowest BCUT2D eigenvalue weighted by Gasteiger charge is -2.46. The van der Waals surface area contributed by atoms with E-state index in [2.05, 4.69) is 11.8 Å². The molecule has 3 aromatic carbocycles. The van der Waals surface area contributed by atoms with Crippen molar-refractivity contribution in [2.75, 3.05) is 41.4 Å². The number of hydrogen-bond acceptors (Lipinski definition) is 7. The summed E-state index contributed by atoms with van der Waals surface area (Å²) in [6.07, 6.45) is 0.865. The second kappa shape index (κ2) is 11.9. The molecule has 3 aromatic rings. The quantitative estimate of drug-likeness (QED) is 0.350. The minimum absolute atomic E-state index is 0.104. The standard InChI is InChI=1S/C33H37N3O6/c1-22-27-18-29(41-5)28(40-4)17-25(27)15-16-36(22)21-33(30(37)34(2)32(39)35(3)31(33)38)19-23-11-13-26(14-12-23)42-20-24-9-7-6-8-10-24/h6-14,17-18,22H,15-16,19-21H2,1-5H3. The van der Waals surface area contributed by atoms with Crippen molar-refractivity contribution in [1.29, 1.82) is 0 Å². The van der Waals surface area contributed by atoms with E-state index in [0.717, 1.165) is 38.5 Å². The molecule has 0 spiro atoms. The smallest absolute Gasteiger partial charge is 0.332 e. The summed E-state index contributed by atoms with van der Waals surface area (Å²) in [7, 11) is 6.09. The maximum atomic E-state index is 13.9. The molecule has 2 heterocycles. The number of carbonyl (C=O) groups is 3. The van der Waals surface area contributed by atoms with Crippen molar-refractivity contribution in [2.24, 2.45) is 5.41 Å². The number of barbiturate groups is 1. The van der Waals surface area contributed by atoms with Crippen LogP contribution in [-0.4, -0.2) is 73.9 Å². The zero-order valence-electron chi connectivity index (χ0n) is 24.8. The number of amides is 4. The number of fused-ring (bicyclic) bond motifs is 1. The van der Waals surface area contributed by atoms with Gasteiger partial charge in [-0.3, -0.25) is 24.3 Å². The highest BCUT2D eigenvalue weighted by atomic mass is 16.5. The van der Waals surface area contributed by atoms with Gasteiger partial charge in [-0.05, 0) is 66.3 Å². The van der Waals surface area contributed by atoms with Crippen LogP contribution in [0, 0.1) is 5.41 Å². The second-order valence-electron chi connectivity index (χ2n) is 11.0. The van der Waals surface area contributed by atoms with Gasteiger partial charge in [-0.25, -0.2) is 4.79 Å². The molecule has 0 aliphatic carbocycles. The summed E-state index contributed by atoms with van der Waals surface area (Å²) in [4.78, 5) is 44.9. The highest BCUT2D eigenvalue weighted by molar-refractivity contribution is 6.19. The van der Waals surface area contributed by atoms with Crippen LogP contribution in [0.15, 0.2) is 66.7 Å². The molecule has 0 bridgehead atoms. The normalized spacial score (nSPS) is 18.6. The third kappa shape index (κ3) is 5.32. The molecule has 9 nitrogen and oxygen atoms in total. The van der Waals surface area contributed by atoms with Crippen LogP contribution in [0.25, 0.3) is 0 Å². The number of nitrogens with zero attached hydrogens (tertiary/aromatic N) is 3. The van der Waals surface area contributed by atoms with E-state index >= 15 is 0 Å². The van der Waals surface area contributed by atoms with Gasteiger partial charge < -0.3 is 14.2 Å². The highest BCUT2D eigenvalue weighted by Gasteiger charge is 2.56. The first-order valence-corrected chi connectivity index (χ1v) is 14.0. The SMILES string of the molecule is COc1cc2c(cc1OC)C(C)N(CC1(Cc3ccc(OCc4ccccc4)cc3)C(=O)N(C)C(=O)N(C)C1=O)CC2. The number of methoxy groups -OCH3 is 2. The molecule has 9 heteroatoms. The van der Waals surface area contributed by atoms with Crippen LogP contribution < -0.4 is 14.2 Å². The summed E-state index contributed by atoms with van der Waals surface area (Å²) < 4.78 is 17.0. The maximum absolute atomic E-state index is 13.9. The number of urea groups is 1. The van der Waals surface area contributed by atoms with E-state index < -0.39 is 23.3 Å². The first-order chi connectivity index (χ1) is 20.2. The Labute approximate surface area is 246 Å². The molecule has 0 N–H and O–H groups in total. The first-order valence-electron chi connectivity index (χ1n) is 14.0. The van der Waals surface area contributed by atoms with Gasteiger partial charge in [0.15, 0.2) is 11.5 Å². The molecule has 1 saturated heterocycles. The molecule has 1 unspecified atom stereocenters. The number of benzene rings is 3. The first kappa shape index (κ1) is 29.1. The molecule has 1 atom stereocenters. The molecule has 220 valence electrons. The van der Waals surface area contributed by atoms with Crippen molar-refractivity contribution in [1.82, 2.24) is 14.7 Å². The summed E-state index contributed by atoms with van der Waals surface area (Å²) in [6.45, 7) is 3.30. The summed E-state index contributed by atoms with van der Waals surface area (Å²) >= 11 is 0. The predicted octanol–water partition coefficient (Wildman–Crippen LogP) is 4.48. The van der Waals surface area contributed by atoms with Crippen molar-refractivity contribution in [3.8, 4) is 17.2 Å². The van der Waals surface area contributed by atoms with Crippen LogP contribution >= 0.6 is 0 Å². The Bertz CT molecular complexity index is 1450. The van der Waals surface area contributed by atoms with Gasteiger partial charge in [-0.15, -0.1) is 0 Å². The monoisotopic (exact) mass is 571 g/mol. The van der Waals surface area contributed by atoms with Crippen molar-refractivity contribution in [3.63, 3.8) is 0 Å². The lowest BCUT2D eigenvalue weighted by Crippen LogP contribution is -2.67. The van der Waals surface area contributed by atoms with Crippen molar-refractivity contribution in [2.45, 2.75) is 32.4 Å². The minimum atomic E-state index is -1.48. The number of ether oxygens (including phenoxy) is 3. The minimum Gasteiger partial charge on any atom is -0.493 e. The molecule has 2 aliphatic rings. The molecule has 4 amide bonds. The number of imide groups is 2. The zero-order chi connectivity index (χ0) is 30.0. The predicted molar refractivity (Wildman–Crippen MR) is 158 cm³/mol. The molecule has 0 saturated carbocycles. The molecule has 42 heavy (non-hydrogen) atoms. The zero-order valence-corrected chi connectivity index (χ0v) is 24.8. The Morgan fingerprint density at radius 1 is 0.833 bits per heavy atom. The fraction of sp³-hybridized carbons (Fsp3) is 0.364. The van der Waals surface area contributed by atoms with Crippen LogP contribution in [0.3, 0.4) is 0 Å². The van der Waals surface area contributed by atoms with Gasteiger partial charge in [0.2, 0.25) is 11.8 Å². The fourth-order valence-corrected chi connectivity index (χ4v) is 6.03. The van der Waals surface area contributed by atoms with Crippen LogP contribution in [0.1, 0.15) is 35.2 Å². The largest absolute Gasteiger partial charge is 0.493 e. The Morgan fingerprint density at radius 3 is 2.07 bits per heavy atom. The Kier molecular flexibility index (Phi) is 8.22. The van der Waals surface area contributed by atoms with Gasteiger partial charge in [0.1, 0.15) is 17.8 Å². The van der Waals surface area contributed by atoms with Gasteiger partial charge in [0.25, 0.3) is 0 Å². The third-order valence-electron chi connectivity index (χ3n) is 8.46. The molecule has 0 aromatic heterocycles. The number of carbonyl (C=O) groups excluding carboxylic acids is 3. The second-order valence-corrected chi connectivity index (χ2v) is 11.0. The summed E-state index contributed by atoms with van der Waals surface area (Å²) in [5, 5.41) is 0. The van der Waals surface area contributed by atoms with Crippen LogP contribution in [0.2, 0.25) is 0 Å². The van der Waals surface area contributed by atoms with Crippen molar-refractivity contribution in [3.05, 3.63) is 89.0 Å². The Hall–Kier alpha value is -4.37. The van der Waals surface area contributed by atoms with E-state index in [1.165, 1.54) is 14.1 Å². The molecule has 0 radical (unpaired) electrons. The molecular weight excluding hydrogens is 534 g/mol. The van der Waals surface area contributed by atoms with Gasteiger partial charge in [-0.2, -0.15) is 0 Å². The van der Waals surface area contributed by atoms with Gasteiger partial charge >= 0.3 is 6.03 Å². The van der Waals surface area contributed by atoms with E-state index in [1.807, 2.05) is 66.7 Å². The Balaban J connectivity index is 1.43. The number of hydrogen-bond donors (Lipinski definition) is 0. The average molecular weight is 572 g/mol. The van der Waals surface area contributed by atoms with E-state index in [9.17, 15) is 14.4 Å². The highest BCUT2D eigenvalue weighted by Crippen LogP contribution is 2.41. The van der Waals surface area contributed by atoms with Gasteiger partial charge in [0.05, 0.1) is 14.2 Å².